The molecule has 0 unspecified atom stereocenters. The summed E-state index contributed by atoms with van der Waals surface area (Å²) in [4.78, 5) is 4.75. The minimum atomic E-state index is 0.733. The summed E-state index contributed by atoms with van der Waals surface area (Å²) in [5.41, 5.74) is 1.91. The molecule has 2 heterocycles. The van der Waals surface area contributed by atoms with Gasteiger partial charge in [-0.05, 0) is 30.8 Å². The molecule has 0 aliphatic carbocycles. The second-order valence-corrected chi connectivity index (χ2v) is 5.64. The molecule has 3 rings (SSSR count). The zero-order valence-corrected chi connectivity index (χ0v) is 12.9. The van der Waals surface area contributed by atoms with E-state index in [0.29, 0.717) is 0 Å². The Morgan fingerprint density at radius 1 is 0.952 bits per heavy atom. The van der Waals surface area contributed by atoms with Crippen molar-refractivity contribution in [3.05, 3.63) is 41.4 Å². The topological polar surface area (TPSA) is 32.3 Å². The molecule has 5 heteroatoms. The van der Waals surface area contributed by atoms with Crippen molar-refractivity contribution in [3.8, 4) is 11.3 Å². The average molecular weight is 303 g/mol. The summed E-state index contributed by atoms with van der Waals surface area (Å²) in [5, 5.41) is 9.45. The van der Waals surface area contributed by atoms with E-state index in [1.165, 1.54) is 0 Å². The molecular weight excluding hydrogens is 284 g/mol. The number of hydrogen-bond donors (Lipinski definition) is 0. The van der Waals surface area contributed by atoms with E-state index >= 15 is 0 Å². The quantitative estimate of drug-likeness (QED) is 0.872. The standard InChI is InChI=1S/C16H19ClN4/c1-2-20-9-11-21(12-10-20)16-8-7-15(18-19-16)13-3-5-14(17)6-4-13/h3-8H,2,9-12H2,1H3. The molecule has 0 radical (unpaired) electrons. The minimum absolute atomic E-state index is 0.733. The first-order valence-corrected chi connectivity index (χ1v) is 7.71. The first kappa shape index (κ1) is 14.3. The van der Waals surface area contributed by atoms with Gasteiger partial charge in [0.25, 0.3) is 0 Å². The van der Waals surface area contributed by atoms with Gasteiger partial charge in [0.15, 0.2) is 5.82 Å². The van der Waals surface area contributed by atoms with Gasteiger partial charge in [0.2, 0.25) is 0 Å². The Bertz CT molecular complexity index is 574. The van der Waals surface area contributed by atoms with Gasteiger partial charge in [0.05, 0.1) is 5.69 Å². The summed E-state index contributed by atoms with van der Waals surface area (Å²) in [6.07, 6.45) is 0. The molecule has 0 amide bonds. The van der Waals surface area contributed by atoms with Gasteiger partial charge in [0.1, 0.15) is 0 Å². The number of hydrogen-bond acceptors (Lipinski definition) is 4. The molecule has 0 spiro atoms. The van der Waals surface area contributed by atoms with Gasteiger partial charge >= 0.3 is 0 Å². The molecule has 1 saturated heterocycles. The van der Waals surface area contributed by atoms with Crippen molar-refractivity contribution in [1.82, 2.24) is 15.1 Å². The number of aromatic nitrogens is 2. The first-order valence-electron chi connectivity index (χ1n) is 7.33. The lowest BCUT2D eigenvalue weighted by atomic mass is 10.1. The third-order valence-electron chi connectivity index (χ3n) is 3.93. The summed E-state index contributed by atoms with van der Waals surface area (Å²) in [5.74, 6) is 0.962. The summed E-state index contributed by atoms with van der Waals surface area (Å²) in [6, 6.07) is 11.8. The second kappa shape index (κ2) is 6.41. The van der Waals surface area contributed by atoms with Gasteiger partial charge in [-0.3, -0.25) is 0 Å². The van der Waals surface area contributed by atoms with Gasteiger partial charge in [-0.1, -0.05) is 30.7 Å². The van der Waals surface area contributed by atoms with Crippen LogP contribution in [0.1, 0.15) is 6.92 Å². The molecule has 0 bridgehead atoms. The van der Waals surface area contributed by atoms with Crippen LogP contribution in [0.2, 0.25) is 5.02 Å². The Labute approximate surface area is 130 Å². The molecule has 1 fully saturated rings. The summed E-state index contributed by atoms with van der Waals surface area (Å²) in [6.45, 7) is 7.55. The Hall–Kier alpha value is -1.65. The van der Waals surface area contributed by atoms with Crippen molar-refractivity contribution < 1.29 is 0 Å². The highest BCUT2D eigenvalue weighted by Crippen LogP contribution is 2.21. The van der Waals surface area contributed by atoms with Crippen LogP contribution in [-0.4, -0.2) is 47.8 Å². The van der Waals surface area contributed by atoms with Crippen molar-refractivity contribution in [2.24, 2.45) is 0 Å². The van der Waals surface area contributed by atoms with Crippen LogP contribution in [0.15, 0.2) is 36.4 Å². The maximum absolute atomic E-state index is 5.90. The fourth-order valence-corrected chi connectivity index (χ4v) is 2.69. The van der Waals surface area contributed by atoms with Crippen molar-refractivity contribution in [1.29, 1.82) is 0 Å². The second-order valence-electron chi connectivity index (χ2n) is 5.20. The van der Waals surface area contributed by atoms with Crippen LogP contribution in [0, 0.1) is 0 Å². The Kier molecular flexibility index (Phi) is 4.36. The van der Waals surface area contributed by atoms with E-state index in [1.54, 1.807) is 0 Å². The third kappa shape index (κ3) is 3.34. The number of nitrogens with zero attached hydrogens (tertiary/aromatic N) is 4. The van der Waals surface area contributed by atoms with Gasteiger partial charge in [-0.25, -0.2) is 0 Å². The molecule has 110 valence electrons. The Morgan fingerprint density at radius 3 is 2.24 bits per heavy atom. The van der Waals surface area contributed by atoms with E-state index in [2.05, 4.69) is 33.0 Å². The van der Waals surface area contributed by atoms with Crippen molar-refractivity contribution in [2.45, 2.75) is 6.92 Å². The zero-order chi connectivity index (χ0) is 14.7. The van der Waals surface area contributed by atoms with Crippen LogP contribution in [0.4, 0.5) is 5.82 Å². The summed E-state index contributed by atoms with van der Waals surface area (Å²) in [7, 11) is 0. The lowest BCUT2D eigenvalue weighted by molar-refractivity contribution is 0.270. The molecule has 1 aliphatic heterocycles. The van der Waals surface area contributed by atoms with E-state index < -0.39 is 0 Å². The van der Waals surface area contributed by atoms with Crippen molar-refractivity contribution in [2.75, 3.05) is 37.6 Å². The summed E-state index contributed by atoms with van der Waals surface area (Å²) < 4.78 is 0. The predicted octanol–water partition coefficient (Wildman–Crippen LogP) is 2.94. The molecule has 21 heavy (non-hydrogen) atoms. The van der Waals surface area contributed by atoms with Gasteiger partial charge in [-0.2, -0.15) is 0 Å². The summed E-state index contributed by atoms with van der Waals surface area (Å²) >= 11 is 5.90. The molecule has 0 N–H and O–H groups in total. The van der Waals surface area contributed by atoms with Crippen LogP contribution >= 0.6 is 11.6 Å². The largest absolute Gasteiger partial charge is 0.353 e. The molecule has 4 nitrogen and oxygen atoms in total. The lowest BCUT2D eigenvalue weighted by Crippen LogP contribution is -2.46. The van der Waals surface area contributed by atoms with Crippen LogP contribution < -0.4 is 4.90 Å². The van der Waals surface area contributed by atoms with Crippen LogP contribution in [0.5, 0.6) is 0 Å². The van der Waals surface area contributed by atoms with Gasteiger partial charge in [-0.15, -0.1) is 10.2 Å². The number of rotatable bonds is 3. The highest BCUT2D eigenvalue weighted by molar-refractivity contribution is 6.30. The number of halogens is 1. The third-order valence-corrected chi connectivity index (χ3v) is 4.19. The first-order chi connectivity index (χ1) is 10.3. The Balaban J connectivity index is 1.71. The highest BCUT2D eigenvalue weighted by atomic mass is 35.5. The van der Waals surface area contributed by atoms with E-state index in [1.807, 2.05) is 30.3 Å². The number of anilines is 1. The highest BCUT2D eigenvalue weighted by Gasteiger charge is 2.17. The Morgan fingerprint density at radius 2 is 1.67 bits per heavy atom. The van der Waals surface area contributed by atoms with Crippen LogP contribution in [-0.2, 0) is 0 Å². The molecule has 1 aliphatic rings. The monoisotopic (exact) mass is 302 g/mol. The van der Waals surface area contributed by atoms with E-state index in [0.717, 1.165) is 54.8 Å². The van der Waals surface area contributed by atoms with E-state index in [9.17, 15) is 0 Å². The average Bonchev–Trinajstić information content (AvgIpc) is 2.56. The lowest BCUT2D eigenvalue weighted by Gasteiger charge is -2.34. The molecular formula is C16H19ClN4. The van der Waals surface area contributed by atoms with Crippen LogP contribution in [0.25, 0.3) is 11.3 Å². The molecule has 1 aromatic carbocycles. The number of benzene rings is 1. The molecule has 1 aromatic heterocycles. The molecule has 0 saturated carbocycles. The normalized spacial score (nSPS) is 16.2. The number of piperazine rings is 1. The zero-order valence-electron chi connectivity index (χ0n) is 12.2. The van der Waals surface area contributed by atoms with Crippen molar-refractivity contribution >= 4 is 17.4 Å². The van der Waals surface area contributed by atoms with Gasteiger partial charge < -0.3 is 9.80 Å². The fourth-order valence-electron chi connectivity index (χ4n) is 2.56. The maximum atomic E-state index is 5.90. The van der Waals surface area contributed by atoms with Gasteiger partial charge in [0, 0.05) is 36.8 Å². The van der Waals surface area contributed by atoms with E-state index in [-0.39, 0.29) is 0 Å². The number of likely N-dealkylation sites (N-methyl/N-ethyl adjacent to an activating group) is 1. The molecule has 2 aromatic rings. The fraction of sp³-hybridized carbons (Fsp3) is 0.375. The van der Waals surface area contributed by atoms with Crippen molar-refractivity contribution in [3.63, 3.8) is 0 Å². The predicted molar refractivity (Wildman–Crippen MR) is 86.8 cm³/mol. The SMILES string of the molecule is CCN1CCN(c2ccc(-c3ccc(Cl)cc3)nn2)CC1. The van der Waals surface area contributed by atoms with E-state index in [4.69, 9.17) is 11.6 Å². The smallest absolute Gasteiger partial charge is 0.151 e. The maximum Gasteiger partial charge on any atom is 0.151 e. The van der Waals surface area contributed by atoms with Crippen LogP contribution in [0.3, 0.4) is 0 Å². The molecule has 0 atom stereocenters. The minimum Gasteiger partial charge on any atom is -0.353 e.